The second-order valence-electron chi connectivity index (χ2n) is 8.24. The summed E-state index contributed by atoms with van der Waals surface area (Å²) in [6, 6.07) is 0. The average molecular weight is 293 g/mol. The van der Waals surface area contributed by atoms with E-state index < -0.39 is 0 Å². The summed E-state index contributed by atoms with van der Waals surface area (Å²) < 4.78 is 0. The van der Waals surface area contributed by atoms with Crippen LogP contribution in [0.5, 0.6) is 0 Å². The summed E-state index contributed by atoms with van der Waals surface area (Å²) in [4.78, 5) is 2.83. The zero-order chi connectivity index (χ0) is 14.6. The molecule has 0 aromatic carbocycles. The lowest BCUT2D eigenvalue weighted by Crippen LogP contribution is -2.58. The standard InChI is InChI=1S/C19H36N2/c20-17-19(11-7-2-1-3-8-12-19)21-15-13-18(14-16-21)9-5-4-6-10-18/h1-17,20H2. The van der Waals surface area contributed by atoms with Crippen LogP contribution in [0, 0.1) is 5.41 Å². The highest BCUT2D eigenvalue weighted by Crippen LogP contribution is 2.46. The topological polar surface area (TPSA) is 29.3 Å². The van der Waals surface area contributed by atoms with E-state index in [0.29, 0.717) is 5.54 Å². The molecule has 0 amide bonds. The number of nitrogens with two attached hydrogens (primary N) is 1. The highest BCUT2D eigenvalue weighted by Gasteiger charge is 2.42. The van der Waals surface area contributed by atoms with Crippen LogP contribution in [-0.2, 0) is 0 Å². The molecule has 122 valence electrons. The van der Waals surface area contributed by atoms with Crippen LogP contribution < -0.4 is 5.73 Å². The Hall–Kier alpha value is -0.0800. The Labute approximate surface area is 131 Å². The van der Waals surface area contributed by atoms with E-state index in [0.717, 1.165) is 12.0 Å². The van der Waals surface area contributed by atoms with Crippen molar-refractivity contribution in [3.05, 3.63) is 0 Å². The zero-order valence-electron chi connectivity index (χ0n) is 14.0. The van der Waals surface area contributed by atoms with E-state index in [-0.39, 0.29) is 0 Å². The first-order chi connectivity index (χ1) is 10.3. The molecule has 0 bridgehead atoms. The summed E-state index contributed by atoms with van der Waals surface area (Å²) in [5, 5.41) is 0. The molecule has 1 heterocycles. The van der Waals surface area contributed by atoms with E-state index in [1.165, 1.54) is 103 Å². The van der Waals surface area contributed by atoms with Gasteiger partial charge in [0, 0.05) is 12.1 Å². The Kier molecular flexibility index (Phi) is 5.27. The van der Waals surface area contributed by atoms with E-state index in [1.807, 2.05) is 0 Å². The van der Waals surface area contributed by atoms with Crippen molar-refractivity contribution in [2.45, 2.75) is 95.4 Å². The Bertz CT molecular complexity index is 302. The lowest BCUT2D eigenvalue weighted by Gasteiger charge is -2.52. The van der Waals surface area contributed by atoms with Gasteiger partial charge in [-0.1, -0.05) is 51.4 Å². The van der Waals surface area contributed by atoms with E-state index in [2.05, 4.69) is 4.90 Å². The second kappa shape index (κ2) is 7.00. The zero-order valence-corrected chi connectivity index (χ0v) is 14.0. The predicted octanol–water partition coefficient (Wildman–Crippen LogP) is 4.47. The fourth-order valence-electron chi connectivity index (χ4n) is 5.47. The van der Waals surface area contributed by atoms with Gasteiger partial charge in [-0.05, 0) is 57.0 Å². The van der Waals surface area contributed by atoms with Crippen molar-refractivity contribution in [3.8, 4) is 0 Å². The molecule has 21 heavy (non-hydrogen) atoms. The molecule has 2 saturated carbocycles. The highest BCUT2D eigenvalue weighted by atomic mass is 15.2. The fraction of sp³-hybridized carbons (Fsp3) is 1.00. The highest BCUT2D eigenvalue weighted by molar-refractivity contribution is 4.97. The van der Waals surface area contributed by atoms with E-state index in [9.17, 15) is 0 Å². The van der Waals surface area contributed by atoms with Crippen LogP contribution in [0.3, 0.4) is 0 Å². The van der Waals surface area contributed by atoms with Gasteiger partial charge in [-0.25, -0.2) is 0 Å². The van der Waals surface area contributed by atoms with Gasteiger partial charge in [0.15, 0.2) is 0 Å². The van der Waals surface area contributed by atoms with Crippen LogP contribution >= 0.6 is 0 Å². The van der Waals surface area contributed by atoms with Crippen molar-refractivity contribution >= 4 is 0 Å². The van der Waals surface area contributed by atoms with Crippen molar-refractivity contribution in [2.24, 2.45) is 11.1 Å². The molecule has 1 aliphatic heterocycles. The van der Waals surface area contributed by atoms with Gasteiger partial charge in [0.1, 0.15) is 0 Å². The third kappa shape index (κ3) is 3.47. The molecule has 3 aliphatic rings. The Morgan fingerprint density at radius 2 is 1.10 bits per heavy atom. The molecule has 0 aromatic heterocycles. The first-order valence-corrected chi connectivity index (χ1v) is 9.74. The number of likely N-dealkylation sites (tertiary alicyclic amines) is 1. The van der Waals surface area contributed by atoms with Crippen molar-refractivity contribution in [3.63, 3.8) is 0 Å². The Morgan fingerprint density at radius 3 is 1.67 bits per heavy atom. The van der Waals surface area contributed by atoms with Gasteiger partial charge in [0.2, 0.25) is 0 Å². The maximum atomic E-state index is 6.32. The third-order valence-electron chi connectivity index (χ3n) is 7.07. The molecule has 3 fully saturated rings. The third-order valence-corrected chi connectivity index (χ3v) is 7.07. The van der Waals surface area contributed by atoms with Crippen LogP contribution in [0.1, 0.15) is 89.9 Å². The molecular formula is C19H36N2. The Morgan fingerprint density at radius 1 is 0.619 bits per heavy atom. The van der Waals surface area contributed by atoms with Crippen molar-refractivity contribution in [1.29, 1.82) is 0 Å². The number of hydrogen-bond donors (Lipinski definition) is 1. The molecule has 3 rings (SSSR count). The molecule has 0 unspecified atom stereocenters. The summed E-state index contributed by atoms with van der Waals surface area (Å²) in [7, 11) is 0. The quantitative estimate of drug-likeness (QED) is 0.813. The predicted molar refractivity (Wildman–Crippen MR) is 90.4 cm³/mol. The van der Waals surface area contributed by atoms with Gasteiger partial charge >= 0.3 is 0 Å². The first kappa shape index (κ1) is 15.8. The molecule has 2 aliphatic carbocycles. The van der Waals surface area contributed by atoms with Gasteiger partial charge in [-0.2, -0.15) is 0 Å². The van der Waals surface area contributed by atoms with Gasteiger partial charge in [0.05, 0.1) is 0 Å². The normalized spacial score (nSPS) is 30.7. The summed E-state index contributed by atoms with van der Waals surface area (Å²) in [5.41, 5.74) is 7.40. The number of nitrogens with zero attached hydrogens (tertiary/aromatic N) is 1. The minimum absolute atomic E-state index is 0.358. The van der Waals surface area contributed by atoms with Crippen LogP contribution in [0.4, 0.5) is 0 Å². The van der Waals surface area contributed by atoms with Gasteiger partial charge < -0.3 is 5.73 Å². The summed E-state index contributed by atoms with van der Waals surface area (Å²) in [6.45, 7) is 3.55. The van der Waals surface area contributed by atoms with Gasteiger partial charge in [-0.15, -0.1) is 0 Å². The van der Waals surface area contributed by atoms with Crippen LogP contribution in [0.25, 0.3) is 0 Å². The second-order valence-corrected chi connectivity index (χ2v) is 8.24. The fourth-order valence-corrected chi connectivity index (χ4v) is 5.47. The summed E-state index contributed by atoms with van der Waals surface area (Å²) in [6.07, 6.45) is 20.2. The van der Waals surface area contributed by atoms with E-state index >= 15 is 0 Å². The van der Waals surface area contributed by atoms with Crippen molar-refractivity contribution < 1.29 is 0 Å². The molecule has 2 heteroatoms. The maximum Gasteiger partial charge on any atom is 0.0331 e. The maximum absolute atomic E-state index is 6.32. The largest absolute Gasteiger partial charge is 0.329 e. The van der Waals surface area contributed by atoms with Gasteiger partial charge in [0.25, 0.3) is 0 Å². The summed E-state index contributed by atoms with van der Waals surface area (Å²) in [5.74, 6) is 0. The first-order valence-electron chi connectivity index (χ1n) is 9.74. The average Bonchev–Trinajstić information content (AvgIpc) is 2.50. The lowest BCUT2D eigenvalue weighted by molar-refractivity contribution is -0.00810. The smallest absolute Gasteiger partial charge is 0.0331 e. The molecule has 2 N–H and O–H groups in total. The van der Waals surface area contributed by atoms with Crippen LogP contribution in [0.15, 0.2) is 0 Å². The molecular weight excluding hydrogens is 256 g/mol. The summed E-state index contributed by atoms with van der Waals surface area (Å²) >= 11 is 0. The Balaban J connectivity index is 1.62. The molecule has 0 radical (unpaired) electrons. The molecule has 0 atom stereocenters. The minimum Gasteiger partial charge on any atom is -0.329 e. The monoisotopic (exact) mass is 292 g/mol. The molecule has 0 aromatic rings. The molecule has 1 spiro atoms. The lowest BCUT2D eigenvalue weighted by atomic mass is 9.67. The van der Waals surface area contributed by atoms with E-state index in [4.69, 9.17) is 5.73 Å². The molecule has 2 nitrogen and oxygen atoms in total. The van der Waals surface area contributed by atoms with Gasteiger partial charge in [-0.3, -0.25) is 4.90 Å². The molecule has 1 saturated heterocycles. The number of rotatable bonds is 2. The van der Waals surface area contributed by atoms with Crippen LogP contribution in [0.2, 0.25) is 0 Å². The minimum atomic E-state index is 0.358. The number of hydrogen-bond acceptors (Lipinski definition) is 2. The van der Waals surface area contributed by atoms with Crippen molar-refractivity contribution in [2.75, 3.05) is 19.6 Å². The number of piperidine rings is 1. The van der Waals surface area contributed by atoms with Crippen molar-refractivity contribution in [1.82, 2.24) is 4.90 Å². The van der Waals surface area contributed by atoms with Crippen LogP contribution in [-0.4, -0.2) is 30.1 Å². The SMILES string of the molecule is NCC1(N2CCC3(CCCCC3)CC2)CCCCCCC1. The van der Waals surface area contributed by atoms with E-state index in [1.54, 1.807) is 0 Å².